The van der Waals surface area contributed by atoms with Crippen LogP contribution in [0.4, 0.5) is 0 Å². The Hall–Kier alpha value is -6.96. The Labute approximate surface area is 320 Å². The molecule has 2 aliphatic rings. The van der Waals surface area contributed by atoms with Gasteiger partial charge in [-0.3, -0.25) is 0 Å². The maximum Gasteiger partial charge on any atom is 0.0547 e. The van der Waals surface area contributed by atoms with Gasteiger partial charge in [0, 0.05) is 22.4 Å². The lowest BCUT2D eigenvalue weighted by atomic mass is 9.87. The van der Waals surface area contributed by atoms with Gasteiger partial charge in [-0.15, -0.1) is 0 Å². The second-order valence-corrected chi connectivity index (χ2v) is 15.3. The first-order chi connectivity index (χ1) is 27.2. The van der Waals surface area contributed by atoms with Crippen molar-refractivity contribution >= 4 is 32.6 Å². The van der Waals surface area contributed by atoms with Gasteiger partial charge in [0.2, 0.25) is 0 Å². The molecular formula is C54H35N. The standard InChI is InChI=1S/C54H35N/c1-2-11-34(12-3-1)36-16-10-17-41(27-36)54-46-20-9-8-19-45(46)49-30-38(22-25-47(49)54)39-23-26-52-50(31-39)51-32-42-28-40-15-6-7-18-44(40)48(42)33-53(51)55(52)43-24-21-35-13-4-5-14-37(35)29-43/h1-27,29-33,54H,28H2. The van der Waals surface area contributed by atoms with Crippen molar-refractivity contribution in [3.63, 3.8) is 0 Å². The third kappa shape index (κ3) is 4.66. The fourth-order valence-corrected chi connectivity index (χ4v) is 9.69. The summed E-state index contributed by atoms with van der Waals surface area (Å²) in [6.45, 7) is 0. The molecule has 12 rings (SSSR count). The topological polar surface area (TPSA) is 4.93 Å². The van der Waals surface area contributed by atoms with Crippen molar-refractivity contribution < 1.29 is 0 Å². The van der Waals surface area contributed by atoms with Gasteiger partial charge in [-0.05, 0) is 132 Å². The minimum atomic E-state index is 0.192. The van der Waals surface area contributed by atoms with Crippen LogP contribution in [0.3, 0.4) is 0 Å². The van der Waals surface area contributed by atoms with Gasteiger partial charge in [0.05, 0.1) is 11.0 Å². The summed E-state index contributed by atoms with van der Waals surface area (Å²) >= 11 is 0. The zero-order chi connectivity index (χ0) is 36.0. The molecule has 0 aliphatic heterocycles. The van der Waals surface area contributed by atoms with Crippen LogP contribution in [-0.4, -0.2) is 4.57 Å². The molecule has 256 valence electrons. The van der Waals surface area contributed by atoms with Crippen molar-refractivity contribution in [3.05, 3.63) is 222 Å². The van der Waals surface area contributed by atoms with Crippen LogP contribution in [0.15, 0.2) is 194 Å². The second kappa shape index (κ2) is 11.8. The van der Waals surface area contributed by atoms with Gasteiger partial charge in [-0.2, -0.15) is 0 Å². The number of hydrogen-bond acceptors (Lipinski definition) is 0. The predicted molar refractivity (Wildman–Crippen MR) is 230 cm³/mol. The maximum absolute atomic E-state index is 2.48. The summed E-state index contributed by atoms with van der Waals surface area (Å²) in [6.07, 6.45) is 0.976. The van der Waals surface area contributed by atoms with E-state index in [9.17, 15) is 0 Å². The van der Waals surface area contributed by atoms with Gasteiger partial charge in [0.1, 0.15) is 0 Å². The number of hydrogen-bond donors (Lipinski definition) is 0. The summed E-state index contributed by atoms with van der Waals surface area (Å²) in [7, 11) is 0. The molecule has 1 nitrogen and oxygen atoms in total. The van der Waals surface area contributed by atoms with Crippen LogP contribution in [0.2, 0.25) is 0 Å². The second-order valence-electron chi connectivity index (χ2n) is 15.3. The number of fused-ring (bicyclic) bond motifs is 10. The summed E-state index contributed by atoms with van der Waals surface area (Å²) < 4.78 is 2.48. The number of aromatic nitrogens is 1. The molecule has 0 radical (unpaired) electrons. The highest BCUT2D eigenvalue weighted by Crippen LogP contribution is 2.50. The molecular weight excluding hydrogens is 663 g/mol. The van der Waals surface area contributed by atoms with E-state index in [0.717, 1.165) is 6.42 Å². The lowest BCUT2D eigenvalue weighted by molar-refractivity contribution is 1.02. The lowest BCUT2D eigenvalue weighted by Gasteiger charge is -2.16. The molecule has 0 saturated heterocycles. The van der Waals surface area contributed by atoms with E-state index in [-0.39, 0.29) is 5.92 Å². The van der Waals surface area contributed by atoms with Crippen molar-refractivity contribution in [2.75, 3.05) is 0 Å². The van der Waals surface area contributed by atoms with Crippen molar-refractivity contribution in [1.82, 2.24) is 4.57 Å². The van der Waals surface area contributed by atoms with Crippen LogP contribution >= 0.6 is 0 Å². The molecule has 1 atom stereocenters. The molecule has 10 aromatic rings. The van der Waals surface area contributed by atoms with Gasteiger partial charge in [0.15, 0.2) is 0 Å². The summed E-state index contributed by atoms with van der Waals surface area (Å²) in [5.74, 6) is 0.192. The Kier molecular flexibility index (Phi) is 6.53. The van der Waals surface area contributed by atoms with Gasteiger partial charge < -0.3 is 4.57 Å². The van der Waals surface area contributed by atoms with Gasteiger partial charge in [-0.1, -0.05) is 152 Å². The third-order valence-corrected chi connectivity index (χ3v) is 12.3. The van der Waals surface area contributed by atoms with Gasteiger partial charge in [0.25, 0.3) is 0 Å². The predicted octanol–water partition coefficient (Wildman–Crippen LogP) is 14.0. The van der Waals surface area contributed by atoms with Crippen molar-refractivity contribution in [1.29, 1.82) is 0 Å². The molecule has 0 fully saturated rings. The summed E-state index contributed by atoms with van der Waals surface area (Å²) in [5, 5.41) is 5.10. The Balaban J connectivity index is 1.03. The summed E-state index contributed by atoms with van der Waals surface area (Å²) in [4.78, 5) is 0. The molecule has 1 aromatic heterocycles. The lowest BCUT2D eigenvalue weighted by Crippen LogP contribution is -1.99. The van der Waals surface area contributed by atoms with E-state index in [1.807, 2.05) is 0 Å². The number of nitrogens with zero attached hydrogens (tertiary/aromatic N) is 1. The smallest absolute Gasteiger partial charge is 0.0547 e. The van der Waals surface area contributed by atoms with Crippen LogP contribution in [0.5, 0.6) is 0 Å². The molecule has 0 saturated carbocycles. The number of benzene rings is 9. The molecule has 1 heterocycles. The highest BCUT2D eigenvalue weighted by molar-refractivity contribution is 6.12. The SMILES string of the molecule is c1ccc(-c2cccc(C3c4ccccc4-c4cc(-c5ccc6c(c5)c5cc7c(cc5n6-c5ccc6ccccc6c5)-c5ccccc5C7)ccc43)c2)cc1. The maximum atomic E-state index is 2.48. The molecule has 2 aliphatic carbocycles. The summed E-state index contributed by atoms with van der Waals surface area (Å²) in [6, 6.07) is 72.5. The van der Waals surface area contributed by atoms with E-state index in [0.29, 0.717) is 0 Å². The largest absolute Gasteiger partial charge is 0.309 e. The number of rotatable bonds is 4. The van der Waals surface area contributed by atoms with Crippen molar-refractivity contribution in [3.8, 4) is 50.2 Å². The van der Waals surface area contributed by atoms with Crippen molar-refractivity contribution in [2.45, 2.75) is 12.3 Å². The van der Waals surface area contributed by atoms with E-state index in [4.69, 9.17) is 0 Å². The first-order valence-corrected chi connectivity index (χ1v) is 19.3. The Bertz CT molecular complexity index is 3180. The quantitative estimate of drug-likeness (QED) is 0.173. The molecule has 1 heteroatoms. The van der Waals surface area contributed by atoms with E-state index >= 15 is 0 Å². The third-order valence-electron chi connectivity index (χ3n) is 12.3. The minimum absolute atomic E-state index is 0.192. The zero-order valence-corrected chi connectivity index (χ0v) is 30.2. The molecule has 1 unspecified atom stereocenters. The van der Waals surface area contributed by atoms with Gasteiger partial charge in [-0.25, -0.2) is 0 Å². The van der Waals surface area contributed by atoms with E-state index in [2.05, 4.69) is 199 Å². The molecule has 9 aromatic carbocycles. The Morgan fingerprint density at radius 3 is 2.00 bits per heavy atom. The highest BCUT2D eigenvalue weighted by Gasteiger charge is 2.30. The highest BCUT2D eigenvalue weighted by atomic mass is 15.0. The average Bonchev–Trinajstić information content (AvgIpc) is 3.89. The van der Waals surface area contributed by atoms with Crippen molar-refractivity contribution in [2.24, 2.45) is 0 Å². The van der Waals surface area contributed by atoms with Crippen LogP contribution in [0.1, 0.15) is 33.7 Å². The monoisotopic (exact) mass is 697 g/mol. The van der Waals surface area contributed by atoms with E-state index in [1.165, 1.54) is 111 Å². The van der Waals surface area contributed by atoms with E-state index < -0.39 is 0 Å². The normalized spacial score (nSPS) is 13.9. The Morgan fingerprint density at radius 2 is 1.07 bits per heavy atom. The van der Waals surface area contributed by atoms with Gasteiger partial charge >= 0.3 is 0 Å². The fourth-order valence-electron chi connectivity index (χ4n) is 9.69. The van der Waals surface area contributed by atoms with Crippen LogP contribution in [0.25, 0.3) is 82.8 Å². The van der Waals surface area contributed by atoms with E-state index in [1.54, 1.807) is 0 Å². The van der Waals surface area contributed by atoms with Crippen LogP contribution in [-0.2, 0) is 6.42 Å². The zero-order valence-electron chi connectivity index (χ0n) is 30.2. The first-order valence-electron chi connectivity index (χ1n) is 19.3. The van der Waals surface area contributed by atoms with Crippen LogP contribution in [0, 0.1) is 0 Å². The molecule has 0 bridgehead atoms. The first kappa shape index (κ1) is 30.5. The fraction of sp³-hybridized carbons (Fsp3) is 0.0370. The average molecular weight is 698 g/mol. The summed E-state index contributed by atoms with van der Waals surface area (Å²) in [5.41, 5.74) is 20.9. The molecule has 0 N–H and O–H groups in total. The minimum Gasteiger partial charge on any atom is -0.309 e. The molecule has 0 spiro atoms. The molecule has 55 heavy (non-hydrogen) atoms. The Morgan fingerprint density at radius 1 is 0.364 bits per heavy atom. The molecule has 0 amide bonds. The van der Waals surface area contributed by atoms with Crippen LogP contribution < -0.4 is 0 Å².